The number of para-hydroxylation sites is 1. The molecule has 0 bridgehead atoms. The van der Waals surface area contributed by atoms with Gasteiger partial charge in [0.15, 0.2) is 5.76 Å². The Morgan fingerprint density at radius 2 is 1.85 bits per heavy atom. The predicted octanol–water partition coefficient (Wildman–Crippen LogP) is 3.96. The average Bonchev–Trinajstić information content (AvgIpc) is 2.87. The van der Waals surface area contributed by atoms with E-state index in [0.29, 0.717) is 5.58 Å². The number of hydrogen-bond donors (Lipinski definition) is 1. The molecule has 0 aliphatic rings. The Hall–Kier alpha value is -2.69. The molecule has 0 saturated carbocycles. The zero-order chi connectivity index (χ0) is 14.1. The Morgan fingerprint density at radius 1 is 1.05 bits per heavy atom. The van der Waals surface area contributed by atoms with Crippen LogP contribution in [0, 0.1) is 11.6 Å². The molecule has 20 heavy (non-hydrogen) atoms. The molecule has 3 aromatic rings. The summed E-state index contributed by atoms with van der Waals surface area (Å²) >= 11 is 0. The fourth-order valence-corrected chi connectivity index (χ4v) is 1.87. The second-order valence-electron chi connectivity index (χ2n) is 4.23. The van der Waals surface area contributed by atoms with E-state index in [4.69, 9.17) is 4.42 Å². The maximum absolute atomic E-state index is 13.4. The first-order valence-electron chi connectivity index (χ1n) is 5.88. The van der Waals surface area contributed by atoms with E-state index in [0.717, 1.165) is 23.6 Å². The normalized spacial score (nSPS) is 10.7. The van der Waals surface area contributed by atoms with E-state index in [9.17, 15) is 13.6 Å². The number of amides is 1. The highest BCUT2D eigenvalue weighted by atomic mass is 19.1. The lowest BCUT2D eigenvalue weighted by molar-refractivity contribution is 0.0998. The number of benzene rings is 2. The fraction of sp³-hybridized carbons (Fsp3) is 0. The highest BCUT2D eigenvalue weighted by Crippen LogP contribution is 2.21. The standard InChI is InChI=1S/C15H9F2NO2/c16-10-5-6-11(17)12(8-10)18-15(19)14-7-9-3-1-2-4-13(9)20-14/h1-8H,(H,18,19). The van der Waals surface area contributed by atoms with Crippen molar-refractivity contribution in [2.75, 3.05) is 5.32 Å². The molecule has 0 aliphatic heterocycles. The summed E-state index contributed by atoms with van der Waals surface area (Å²) in [5.41, 5.74) is 0.327. The summed E-state index contributed by atoms with van der Waals surface area (Å²) in [6.45, 7) is 0. The second kappa shape index (κ2) is 4.77. The van der Waals surface area contributed by atoms with Crippen LogP contribution < -0.4 is 5.32 Å². The lowest BCUT2D eigenvalue weighted by Gasteiger charge is -2.04. The van der Waals surface area contributed by atoms with Gasteiger partial charge in [-0.15, -0.1) is 0 Å². The maximum atomic E-state index is 13.4. The quantitative estimate of drug-likeness (QED) is 0.767. The van der Waals surface area contributed by atoms with Crippen molar-refractivity contribution in [2.24, 2.45) is 0 Å². The van der Waals surface area contributed by atoms with Crippen molar-refractivity contribution < 1.29 is 18.0 Å². The molecule has 1 amide bonds. The number of furan rings is 1. The van der Waals surface area contributed by atoms with Crippen molar-refractivity contribution in [3.05, 3.63) is 65.9 Å². The fourth-order valence-electron chi connectivity index (χ4n) is 1.87. The van der Waals surface area contributed by atoms with Crippen molar-refractivity contribution in [1.29, 1.82) is 0 Å². The molecule has 5 heteroatoms. The molecular formula is C15H9F2NO2. The number of carbonyl (C=O) groups is 1. The van der Waals surface area contributed by atoms with E-state index in [1.165, 1.54) is 0 Å². The molecule has 0 fully saturated rings. The minimum absolute atomic E-state index is 0.0369. The minimum Gasteiger partial charge on any atom is -0.451 e. The maximum Gasteiger partial charge on any atom is 0.291 e. The Labute approximate surface area is 112 Å². The van der Waals surface area contributed by atoms with Crippen molar-refractivity contribution in [3.63, 3.8) is 0 Å². The van der Waals surface area contributed by atoms with E-state index in [-0.39, 0.29) is 11.4 Å². The third-order valence-electron chi connectivity index (χ3n) is 2.83. The van der Waals surface area contributed by atoms with Crippen LogP contribution in [0.4, 0.5) is 14.5 Å². The second-order valence-corrected chi connectivity index (χ2v) is 4.23. The summed E-state index contributed by atoms with van der Waals surface area (Å²) in [4.78, 5) is 12.0. The number of rotatable bonds is 2. The smallest absolute Gasteiger partial charge is 0.291 e. The molecule has 0 atom stereocenters. The predicted molar refractivity (Wildman–Crippen MR) is 70.5 cm³/mol. The largest absolute Gasteiger partial charge is 0.451 e. The first-order chi connectivity index (χ1) is 9.63. The van der Waals surface area contributed by atoms with E-state index in [1.54, 1.807) is 24.3 Å². The zero-order valence-corrected chi connectivity index (χ0v) is 10.2. The van der Waals surface area contributed by atoms with Crippen LogP contribution in [0.25, 0.3) is 11.0 Å². The molecular weight excluding hydrogens is 264 g/mol. The van der Waals surface area contributed by atoms with Crippen LogP contribution in [0.3, 0.4) is 0 Å². The number of halogens is 2. The Bertz CT molecular complexity index is 762. The summed E-state index contributed by atoms with van der Waals surface area (Å²) in [6, 6.07) is 11.5. The molecule has 1 N–H and O–H groups in total. The summed E-state index contributed by atoms with van der Waals surface area (Å²) in [5.74, 6) is -1.94. The van der Waals surface area contributed by atoms with Gasteiger partial charge >= 0.3 is 0 Å². The molecule has 0 radical (unpaired) electrons. The zero-order valence-electron chi connectivity index (χ0n) is 10.2. The first-order valence-corrected chi connectivity index (χ1v) is 5.88. The van der Waals surface area contributed by atoms with E-state index < -0.39 is 17.5 Å². The van der Waals surface area contributed by atoms with Gasteiger partial charge in [-0.1, -0.05) is 18.2 Å². The van der Waals surface area contributed by atoms with Gasteiger partial charge in [-0.2, -0.15) is 0 Å². The van der Waals surface area contributed by atoms with Gasteiger partial charge in [-0.05, 0) is 24.3 Å². The summed E-state index contributed by atoms with van der Waals surface area (Å²) in [5, 5.41) is 3.04. The Balaban J connectivity index is 1.90. The van der Waals surface area contributed by atoms with Crippen LogP contribution in [0.15, 0.2) is 52.9 Å². The number of hydrogen-bond acceptors (Lipinski definition) is 2. The summed E-state index contributed by atoms with van der Waals surface area (Å²) < 4.78 is 31.8. The van der Waals surface area contributed by atoms with E-state index in [2.05, 4.69) is 5.32 Å². The first kappa shape index (κ1) is 12.3. The topological polar surface area (TPSA) is 42.2 Å². The summed E-state index contributed by atoms with van der Waals surface area (Å²) in [6.07, 6.45) is 0. The molecule has 1 aromatic heterocycles. The number of fused-ring (bicyclic) bond motifs is 1. The van der Waals surface area contributed by atoms with Gasteiger partial charge in [-0.3, -0.25) is 4.79 Å². The van der Waals surface area contributed by atoms with Crippen molar-refractivity contribution in [1.82, 2.24) is 0 Å². The van der Waals surface area contributed by atoms with Gasteiger partial charge in [0.1, 0.15) is 17.2 Å². The molecule has 100 valence electrons. The molecule has 1 heterocycles. The highest BCUT2D eigenvalue weighted by Gasteiger charge is 2.14. The lowest BCUT2D eigenvalue weighted by atomic mass is 10.2. The van der Waals surface area contributed by atoms with Gasteiger partial charge < -0.3 is 9.73 Å². The SMILES string of the molecule is O=C(Nc1cc(F)ccc1F)c1cc2ccccc2o1. The molecule has 0 saturated heterocycles. The van der Waals surface area contributed by atoms with Crippen LogP contribution >= 0.6 is 0 Å². The molecule has 0 aliphatic carbocycles. The minimum atomic E-state index is -0.712. The Morgan fingerprint density at radius 3 is 2.65 bits per heavy atom. The van der Waals surface area contributed by atoms with Crippen LogP contribution in [-0.2, 0) is 0 Å². The lowest BCUT2D eigenvalue weighted by Crippen LogP contribution is -2.12. The van der Waals surface area contributed by atoms with Crippen molar-refractivity contribution in [3.8, 4) is 0 Å². The van der Waals surface area contributed by atoms with Crippen molar-refractivity contribution in [2.45, 2.75) is 0 Å². The summed E-state index contributed by atoms with van der Waals surface area (Å²) in [7, 11) is 0. The molecule has 2 aromatic carbocycles. The molecule has 3 nitrogen and oxygen atoms in total. The molecule has 0 unspecified atom stereocenters. The number of anilines is 1. The third-order valence-corrected chi connectivity index (χ3v) is 2.83. The van der Waals surface area contributed by atoms with Crippen LogP contribution in [0.5, 0.6) is 0 Å². The van der Waals surface area contributed by atoms with E-state index >= 15 is 0 Å². The van der Waals surface area contributed by atoms with Gasteiger partial charge in [0.05, 0.1) is 5.69 Å². The van der Waals surface area contributed by atoms with Crippen LogP contribution in [-0.4, -0.2) is 5.91 Å². The van der Waals surface area contributed by atoms with Gasteiger partial charge in [-0.25, -0.2) is 8.78 Å². The van der Waals surface area contributed by atoms with Gasteiger partial charge in [0, 0.05) is 11.5 Å². The number of nitrogens with one attached hydrogen (secondary N) is 1. The molecule has 0 spiro atoms. The number of carbonyl (C=O) groups excluding carboxylic acids is 1. The Kier molecular flexibility index (Phi) is 2.95. The van der Waals surface area contributed by atoms with Gasteiger partial charge in [0.2, 0.25) is 0 Å². The van der Waals surface area contributed by atoms with Crippen LogP contribution in [0.1, 0.15) is 10.6 Å². The average molecular weight is 273 g/mol. The monoisotopic (exact) mass is 273 g/mol. The van der Waals surface area contributed by atoms with E-state index in [1.807, 2.05) is 6.07 Å². The third kappa shape index (κ3) is 2.25. The molecule has 3 rings (SSSR count). The van der Waals surface area contributed by atoms with Crippen molar-refractivity contribution >= 4 is 22.6 Å². The highest BCUT2D eigenvalue weighted by molar-refractivity contribution is 6.04. The van der Waals surface area contributed by atoms with Gasteiger partial charge in [0.25, 0.3) is 5.91 Å². The van der Waals surface area contributed by atoms with Crippen LogP contribution in [0.2, 0.25) is 0 Å².